The lowest BCUT2D eigenvalue weighted by atomic mass is 10.2. The van der Waals surface area contributed by atoms with E-state index in [1.807, 2.05) is 6.07 Å². The molecule has 0 amide bonds. The van der Waals surface area contributed by atoms with Gasteiger partial charge in [-0.25, -0.2) is 8.42 Å². The molecule has 0 aromatic carbocycles. The lowest BCUT2D eigenvalue weighted by Crippen LogP contribution is -2.28. The van der Waals surface area contributed by atoms with Crippen LogP contribution in [0.4, 0.5) is 5.69 Å². The summed E-state index contributed by atoms with van der Waals surface area (Å²) in [4.78, 5) is 6.13. The highest BCUT2D eigenvalue weighted by molar-refractivity contribution is 7.91. The molecular weight excluding hydrogens is 238 g/mol. The summed E-state index contributed by atoms with van der Waals surface area (Å²) < 4.78 is 23.1. The van der Waals surface area contributed by atoms with E-state index in [4.69, 9.17) is 5.73 Å². The monoisotopic (exact) mass is 255 g/mol. The van der Waals surface area contributed by atoms with E-state index >= 15 is 0 Å². The minimum absolute atomic E-state index is 0.222. The summed E-state index contributed by atoms with van der Waals surface area (Å²) in [5, 5.41) is 0. The summed E-state index contributed by atoms with van der Waals surface area (Å²) in [7, 11) is -2.87. The fourth-order valence-electron chi connectivity index (χ4n) is 2.06. The predicted octanol–water partition coefficient (Wildman–Crippen LogP) is 0.165. The molecule has 1 aromatic rings. The minimum Gasteiger partial charge on any atom is -0.370 e. The number of nitrogens with two attached hydrogens (primary N) is 1. The zero-order valence-corrected chi connectivity index (χ0v) is 10.5. The molecule has 6 heteroatoms. The second kappa shape index (κ2) is 5.01. The van der Waals surface area contributed by atoms with Crippen molar-refractivity contribution in [3.05, 3.63) is 24.0 Å². The molecule has 2 rings (SSSR count). The van der Waals surface area contributed by atoms with Gasteiger partial charge in [-0.2, -0.15) is 0 Å². The van der Waals surface area contributed by atoms with Crippen molar-refractivity contribution in [1.29, 1.82) is 0 Å². The Labute approximate surface area is 102 Å². The Bertz CT molecular complexity index is 487. The third-order valence-electron chi connectivity index (χ3n) is 2.99. The van der Waals surface area contributed by atoms with Crippen LogP contribution in [0.25, 0.3) is 0 Å². The van der Waals surface area contributed by atoms with Gasteiger partial charge in [-0.3, -0.25) is 4.98 Å². The first-order chi connectivity index (χ1) is 8.12. The van der Waals surface area contributed by atoms with Crippen LogP contribution in [0.15, 0.2) is 18.5 Å². The SMILES string of the molecule is NCc1cnccc1N1CCCS(=O)(=O)CC1. The average Bonchev–Trinajstić information content (AvgIpc) is 2.50. The van der Waals surface area contributed by atoms with Crippen LogP contribution in [0.3, 0.4) is 0 Å². The summed E-state index contributed by atoms with van der Waals surface area (Å²) in [6.07, 6.45) is 4.14. The predicted molar refractivity (Wildman–Crippen MR) is 67.6 cm³/mol. The molecule has 0 radical (unpaired) electrons. The number of hydrogen-bond donors (Lipinski definition) is 1. The number of rotatable bonds is 2. The number of nitrogens with zero attached hydrogens (tertiary/aromatic N) is 2. The van der Waals surface area contributed by atoms with Crippen molar-refractivity contribution in [3.63, 3.8) is 0 Å². The number of hydrogen-bond acceptors (Lipinski definition) is 5. The maximum atomic E-state index is 11.5. The number of pyridine rings is 1. The van der Waals surface area contributed by atoms with Gasteiger partial charge in [-0.05, 0) is 12.5 Å². The van der Waals surface area contributed by atoms with Gasteiger partial charge < -0.3 is 10.6 Å². The molecule has 1 aliphatic rings. The number of aromatic nitrogens is 1. The Morgan fingerprint density at radius 2 is 2.18 bits per heavy atom. The lowest BCUT2D eigenvalue weighted by molar-refractivity contribution is 0.597. The maximum Gasteiger partial charge on any atom is 0.152 e. The standard InChI is InChI=1S/C11H17N3O2S/c12-8-10-9-13-3-2-11(10)14-4-1-6-17(15,16)7-5-14/h2-3,9H,1,4-8,12H2. The molecule has 1 saturated heterocycles. The molecular formula is C11H17N3O2S. The Kier molecular flexibility index (Phi) is 3.63. The first kappa shape index (κ1) is 12.3. The Balaban J connectivity index is 2.22. The van der Waals surface area contributed by atoms with E-state index in [1.165, 1.54) is 0 Å². The highest BCUT2D eigenvalue weighted by Gasteiger charge is 2.20. The van der Waals surface area contributed by atoms with E-state index in [0.717, 1.165) is 17.8 Å². The van der Waals surface area contributed by atoms with Crippen LogP contribution in [0.1, 0.15) is 12.0 Å². The number of sulfone groups is 1. The van der Waals surface area contributed by atoms with Gasteiger partial charge in [-0.1, -0.05) is 0 Å². The molecule has 2 N–H and O–H groups in total. The quantitative estimate of drug-likeness (QED) is 0.815. The summed E-state index contributed by atoms with van der Waals surface area (Å²) in [6.45, 7) is 1.72. The minimum atomic E-state index is -2.87. The highest BCUT2D eigenvalue weighted by Crippen LogP contribution is 2.20. The van der Waals surface area contributed by atoms with E-state index in [-0.39, 0.29) is 11.5 Å². The molecule has 5 nitrogen and oxygen atoms in total. The topological polar surface area (TPSA) is 76.3 Å². The molecule has 94 valence electrons. The van der Waals surface area contributed by atoms with Gasteiger partial charge in [-0.15, -0.1) is 0 Å². The van der Waals surface area contributed by atoms with Gasteiger partial charge in [0.25, 0.3) is 0 Å². The van der Waals surface area contributed by atoms with Gasteiger partial charge in [0.15, 0.2) is 9.84 Å². The normalized spacial score (nSPS) is 19.9. The van der Waals surface area contributed by atoms with Gasteiger partial charge in [0.2, 0.25) is 0 Å². The number of anilines is 1. The van der Waals surface area contributed by atoms with Crippen LogP contribution in [-0.4, -0.2) is 38.0 Å². The highest BCUT2D eigenvalue weighted by atomic mass is 32.2. The molecule has 0 bridgehead atoms. The van der Waals surface area contributed by atoms with Crippen LogP contribution < -0.4 is 10.6 Å². The van der Waals surface area contributed by atoms with Crippen molar-refractivity contribution in [2.45, 2.75) is 13.0 Å². The summed E-state index contributed by atoms with van der Waals surface area (Å²) in [5.74, 6) is 0.506. The molecule has 17 heavy (non-hydrogen) atoms. The summed E-state index contributed by atoms with van der Waals surface area (Å²) in [6, 6.07) is 1.90. The van der Waals surface area contributed by atoms with Crippen molar-refractivity contribution in [2.24, 2.45) is 5.73 Å². The van der Waals surface area contributed by atoms with E-state index in [1.54, 1.807) is 12.4 Å². The molecule has 0 spiro atoms. The van der Waals surface area contributed by atoms with Crippen LogP contribution >= 0.6 is 0 Å². The lowest BCUT2D eigenvalue weighted by Gasteiger charge is -2.24. The Morgan fingerprint density at radius 3 is 2.94 bits per heavy atom. The van der Waals surface area contributed by atoms with Crippen molar-refractivity contribution < 1.29 is 8.42 Å². The molecule has 1 aromatic heterocycles. The third-order valence-corrected chi connectivity index (χ3v) is 4.71. The van der Waals surface area contributed by atoms with Crippen molar-refractivity contribution in [1.82, 2.24) is 4.98 Å². The van der Waals surface area contributed by atoms with Gasteiger partial charge in [0.1, 0.15) is 0 Å². The van der Waals surface area contributed by atoms with E-state index < -0.39 is 9.84 Å². The smallest absolute Gasteiger partial charge is 0.152 e. The van der Waals surface area contributed by atoms with E-state index in [0.29, 0.717) is 19.5 Å². The molecule has 2 heterocycles. The van der Waals surface area contributed by atoms with Crippen LogP contribution in [0, 0.1) is 0 Å². The first-order valence-electron chi connectivity index (χ1n) is 5.71. The largest absolute Gasteiger partial charge is 0.370 e. The van der Waals surface area contributed by atoms with Crippen molar-refractivity contribution in [2.75, 3.05) is 29.5 Å². The van der Waals surface area contributed by atoms with Crippen LogP contribution in [0.2, 0.25) is 0 Å². The first-order valence-corrected chi connectivity index (χ1v) is 7.53. The van der Waals surface area contributed by atoms with Crippen molar-refractivity contribution >= 4 is 15.5 Å². The molecule has 0 atom stereocenters. The third kappa shape index (κ3) is 2.95. The van der Waals surface area contributed by atoms with Gasteiger partial charge in [0.05, 0.1) is 11.5 Å². The molecule has 1 aliphatic heterocycles. The maximum absolute atomic E-state index is 11.5. The zero-order valence-electron chi connectivity index (χ0n) is 9.67. The van der Waals surface area contributed by atoms with Crippen LogP contribution in [-0.2, 0) is 16.4 Å². The van der Waals surface area contributed by atoms with Crippen LogP contribution in [0.5, 0.6) is 0 Å². The van der Waals surface area contributed by atoms with E-state index in [2.05, 4.69) is 9.88 Å². The molecule has 1 fully saturated rings. The van der Waals surface area contributed by atoms with E-state index in [9.17, 15) is 8.42 Å². The average molecular weight is 255 g/mol. The Morgan fingerprint density at radius 1 is 1.35 bits per heavy atom. The summed E-state index contributed by atoms with van der Waals surface area (Å²) in [5.41, 5.74) is 7.64. The second-order valence-electron chi connectivity index (χ2n) is 4.20. The molecule has 0 unspecified atom stereocenters. The fraction of sp³-hybridized carbons (Fsp3) is 0.545. The Hall–Kier alpha value is -1.14. The summed E-state index contributed by atoms with van der Waals surface area (Å²) >= 11 is 0. The second-order valence-corrected chi connectivity index (χ2v) is 6.50. The van der Waals surface area contributed by atoms with Gasteiger partial charge in [0, 0.05) is 43.3 Å². The molecule has 0 aliphatic carbocycles. The van der Waals surface area contributed by atoms with Gasteiger partial charge >= 0.3 is 0 Å². The van der Waals surface area contributed by atoms with Crippen molar-refractivity contribution in [3.8, 4) is 0 Å². The molecule has 0 saturated carbocycles. The zero-order chi connectivity index (χ0) is 12.3. The fourth-order valence-corrected chi connectivity index (χ4v) is 3.34.